The molecule has 1 unspecified atom stereocenters. The van der Waals surface area contributed by atoms with E-state index in [4.69, 9.17) is 9.47 Å². The second kappa shape index (κ2) is 5.50. The third-order valence-electron chi connectivity index (χ3n) is 2.30. The largest absolute Gasteiger partial charge is 0.459 e. The molecule has 3 nitrogen and oxygen atoms in total. The van der Waals surface area contributed by atoms with Crippen molar-refractivity contribution >= 4 is 5.97 Å². The third-order valence-corrected chi connectivity index (χ3v) is 2.30. The smallest absolute Gasteiger partial charge is 0.303 e. The lowest BCUT2D eigenvalue weighted by atomic mass is 9.99. The Bertz CT molecular complexity index is 205. The Hall–Kier alpha value is -0.570. The van der Waals surface area contributed by atoms with Gasteiger partial charge in [0.15, 0.2) is 0 Å². The fourth-order valence-electron chi connectivity index (χ4n) is 1.22. The van der Waals surface area contributed by atoms with Crippen molar-refractivity contribution in [3.8, 4) is 0 Å². The highest BCUT2D eigenvalue weighted by atomic mass is 16.6. The minimum atomic E-state index is -0.392. The van der Waals surface area contributed by atoms with E-state index in [1.807, 2.05) is 34.6 Å². The first-order chi connectivity index (χ1) is 6.68. The normalized spacial score (nSPS) is 15.9. The lowest BCUT2D eigenvalue weighted by Gasteiger charge is -2.29. The van der Waals surface area contributed by atoms with Crippen LogP contribution < -0.4 is 0 Å². The number of rotatable bonds is 5. The Balaban J connectivity index is 4.04. The van der Waals surface area contributed by atoms with E-state index >= 15 is 0 Å². The standard InChI is InChI=1S/C12H24O3/c1-7-12(6,15-10(2)13)8-9-14-11(3,4)5/h7-9H2,1-6H3. The molecular formula is C12H24O3. The van der Waals surface area contributed by atoms with Crippen LogP contribution >= 0.6 is 0 Å². The first-order valence-corrected chi connectivity index (χ1v) is 5.52. The van der Waals surface area contributed by atoms with Crippen LogP contribution in [-0.4, -0.2) is 23.8 Å². The average molecular weight is 216 g/mol. The van der Waals surface area contributed by atoms with Crippen molar-refractivity contribution in [2.24, 2.45) is 0 Å². The highest BCUT2D eigenvalue weighted by molar-refractivity contribution is 5.66. The summed E-state index contributed by atoms with van der Waals surface area (Å²) >= 11 is 0. The molecule has 0 aromatic heterocycles. The molecule has 0 N–H and O–H groups in total. The maximum Gasteiger partial charge on any atom is 0.303 e. The molecule has 0 rings (SSSR count). The summed E-state index contributed by atoms with van der Waals surface area (Å²) in [5.74, 6) is -0.227. The van der Waals surface area contributed by atoms with Gasteiger partial charge in [-0.05, 0) is 34.1 Å². The Morgan fingerprint density at radius 1 is 1.20 bits per heavy atom. The van der Waals surface area contributed by atoms with Crippen LogP contribution in [0, 0.1) is 0 Å². The van der Waals surface area contributed by atoms with Crippen LogP contribution in [0.15, 0.2) is 0 Å². The number of hydrogen-bond acceptors (Lipinski definition) is 3. The topological polar surface area (TPSA) is 35.5 Å². The zero-order chi connectivity index (χ0) is 12.1. The molecule has 0 aromatic carbocycles. The zero-order valence-electron chi connectivity index (χ0n) is 10.8. The summed E-state index contributed by atoms with van der Waals surface area (Å²) in [5, 5.41) is 0. The van der Waals surface area contributed by atoms with E-state index < -0.39 is 5.60 Å². The van der Waals surface area contributed by atoms with E-state index in [0.29, 0.717) is 6.61 Å². The molecule has 0 heterocycles. The fraction of sp³-hybridized carbons (Fsp3) is 0.917. The van der Waals surface area contributed by atoms with Gasteiger partial charge < -0.3 is 9.47 Å². The second-order valence-electron chi connectivity index (χ2n) is 5.11. The molecule has 0 radical (unpaired) electrons. The number of carbonyl (C=O) groups is 1. The van der Waals surface area contributed by atoms with Gasteiger partial charge in [-0.1, -0.05) is 6.92 Å². The monoisotopic (exact) mass is 216 g/mol. The van der Waals surface area contributed by atoms with Crippen LogP contribution in [0.2, 0.25) is 0 Å². The van der Waals surface area contributed by atoms with E-state index in [1.54, 1.807) is 0 Å². The summed E-state index contributed by atoms with van der Waals surface area (Å²) in [4.78, 5) is 10.9. The molecule has 0 saturated heterocycles. The molecule has 0 saturated carbocycles. The van der Waals surface area contributed by atoms with Crippen molar-refractivity contribution in [3.63, 3.8) is 0 Å². The highest BCUT2D eigenvalue weighted by Gasteiger charge is 2.26. The van der Waals surface area contributed by atoms with E-state index in [9.17, 15) is 4.79 Å². The Morgan fingerprint density at radius 2 is 1.73 bits per heavy atom. The van der Waals surface area contributed by atoms with Crippen molar-refractivity contribution in [3.05, 3.63) is 0 Å². The van der Waals surface area contributed by atoms with Gasteiger partial charge in [0.05, 0.1) is 12.2 Å². The maximum absolute atomic E-state index is 10.9. The SMILES string of the molecule is CCC(C)(CCOC(C)(C)C)OC(C)=O. The quantitative estimate of drug-likeness (QED) is 0.663. The molecule has 0 aromatic rings. The van der Waals surface area contributed by atoms with Crippen LogP contribution in [0.3, 0.4) is 0 Å². The number of carbonyl (C=O) groups excluding carboxylic acids is 1. The van der Waals surface area contributed by atoms with Crippen LogP contribution in [-0.2, 0) is 14.3 Å². The number of hydrogen-bond donors (Lipinski definition) is 0. The number of ether oxygens (including phenoxy) is 2. The Kier molecular flexibility index (Phi) is 5.29. The van der Waals surface area contributed by atoms with E-state index in [2.05, 4.69) is 0 Å². The summed E-state index contributed by atoms with van der Waals surface area (Å²) in [7, 11) is 0. The third kappa shape index (κ3) is 7.37. The van der Waals surface area contributed by atoms with Gasteiger partial charge in [-0.25, -0.2) is 0 Å². The first-order valence-electron chi connectivity index (χ1n) is 5.52. The summed E-state index contributed by atoms with van der Waals surface area (Å²) in [5.41, 5.74) is -0.526. The summed E-state index contributed by atoms with van der Waals surface area (Å²) < 4.78 is 10.9. The summed E-state index contributed by atoms with van der Waals surface area (Å²) in [6.07, 6.45) is 1.54. The summed E-state index contributed by atoms with van der Waals surface area (Å²) in [6.45, 7) is 12.1. The molecule has 0 aliphatic heterocycles. The van der Waals surface area contributed by atoms with Gasteiger partial charge in [0, 0.05) is 13.3 Å². The second-order valence-corrected chi connectivity index (χ2v) is 5.11. The van der Waals surface area contributed by atoms with Crippen molar-refractivity contribution in [2.45, 2.75) is 65.6 Å². The highest BCUT2D eigenvalue weighted by Crippen LogP contribution is 2.21. The zero-order valence-corrected chi connectivity index (χ0v) is 10.8. The fourth-order valence-corrected chi connectivity index (χ4v) is 1.22. The minimum absolute atomic E-state index is 0.134. The molecule has 0 aliphatic carbocycles. The van der Waals surface area contributed by atoms with Gasteiger partial charge >= 0.3 is 5.97 Å². The lowest BCUT2D eigenvalue weighted by molar-refractivity contribution is -0.158. The van der Waals surface area contributed by atoms with Crippen LogP contribution in [0.5, 0.6) is 0 Å². The molecule has 90 valence electrons. The number of esters is 1. The molecule has 0 bridgehead atoms. The predicted molar refractivity (Wildman–Crippen MR) is 60.8 cm³/mol. The van der Waals surface area contributed by atoms with Crippen molar-refractivity contribution in [2.75, 3.05) is 6.61 Å². The van der Waals surface area contributed by atoms with E-state index in [-0.39, 0.29) is 11.6 Å². The molecule has 0 aliphatic rings. The van der Waals surface area contributed by atoms with E-state index in [0.717, 1.165) is 12.8 Å². The summed E-state index contributed by atoms with van der Waals surface area (Å²) in [6, 6.07) is 0. The molecular weight excluding hydrogens is 192 g/mol. The molecule has 0 amide bonds. The van der Waals surface area contributed by atoms with Gasteiger partial charge in [0.2, 0.25) is 0 Å². The average Bonchev–Trinajstić information content (AvgIpc) is 2.00. The maximum atomic E-state index is 10.9. The van der Waals surface area contributed by atoms with E-state index in [1.165, 1.54) is 6.92 Å². The molecule has 0 fully saturated rings. The van der Waals surface area contributed by atoms with Gasteiger partial charge in [-0.15, -0.1) is 0 Å². The molecule has 15 heavy (non-hydrogen) atoms. The molecule has 3 heteroatoms. The lowest BCUT2D eigenvalue weighted by Crippen LogP contribution is -2.33. The predicted octanol–water partition coefficient (Wildman–Crippen LogP) is 2.92. The Labute approximate surface area is 93.1 Å². The van der Waals surface area contributed by atoms with Crippen LogP contribution in [0.1, 0.15) is 54.4 Å². The molecule has 0 spiro atoms. The van der Waals surface area contributed by atoms with Gasteiger partial charge in [0.1, 0.15) is 5.60 Å². The van der Waals surface area contributed by atoms with Crippen LogP contribution in [0.4, 0.5) is 0 Å². The first kappa shape index (κ1) is 14.4. The van der Waals surface area contributed by atoms with Crippen molar-refractivity contribution in [1.29, 1.82) is 0 Å². The van der Waals surface area contributed by atoms with Gasteiger partial charge in [-0.2, -0.15) is 0 Å². The minimum Gasteiger partial charge on any atom is -0.459 e. The van der Waals surface area contributed by atoms with Crippen molar-refractivity contribution in [1.82, 2.24) is 0 Å². The molecule has 1 atom stereocenters. The van der Waals surface area contributed by atoms with Crippen molar-refractivity contribution < 1.29 is 14.3 Å². The van der Waals surface area contributed by atoms with Crippen LogP contribution in [0.25, 0.3) is 0 Å². The Morgan fingerprint density at radius 3 is 2.07 bits per heavy atom. The van der Waals surface area contributed by atoms with Gasteiger partial charge in [0.25, 0.3) is 0 Å². The van der Waals surface area contributed by atoms with Gasteiger partial charge in [-0.3, -0.25) is 4.79 Å².